The predicted octanol–water partition coefficient (Wildman–Crippen LogP) is 0.667. The summed E-state index contributed by atoms with van der Waals surface area (Å²) < 4.78 is 10.3. The second-order valence-electron chi connectivity index (χ2n) is 4.61. The van der Waals surface area contributed by atoms with Crippen LogP contribution in [0.15, 0.2) is 6.07 Å². The van der Waals surface area contributed by atoms with Crippen molar-refractivity contribution in [1.82, 2.24) is 9.97 Å². The van der Waals surface area contributed by atoms with Crippen LogP contribution in [-0.4, -0.2) is 43.3 Å². The van der Waals surface area contributed by atoms with Gasteiger partial charge < -0.3 is 20.1 Å². The molecule has 1 fully saturated rings. The van der Waals surface area contributed by atoms with Crippen LogP contribution in [0, 0.1) is 5.92 Å². The largest absolute Gasteiger partial charge is 0.481 e. The molecule has 2 atom stereocenters. The van der Waals surface area contributed by atoms with Crippen molar-refractivity contribution in [2.75, 3.05) is 32.2 Å². The fraction of sp³-hybridized carbons (Fsp3) is 0.667. The standard InChI is InChI=1S/C12H20N4O2/c1-8(13)9-4-5-16(7-9)12-14-10(17-2)6-11(15-12)18-3/h6,8-9H,4-5,7,13H2,1-3H3. The van der Waals surface area contributed by atoms with Crippen LogP contribution in [0.25, 0.3) is 0 Å². The Balaban J connectivity index is 2.18. The molecule has 0 aliphatic carbocycles. The Morgan fingerprint density at radius 3 is 2.39 bits per heavy atom. The highest BCUT2D eigenvalue weighted by Crippen LogP contribution is 2.26. The zero-order valence-electron chi connectivity index (χ0n) is 11.1. The van der Waals surface area contributed by atoms with Crippen molar-refractivity contribution >= 4 is 5.95 Å². The average Bonchev–Trinajstić information content (AvgIpc) is 2.87. The third-order valence-corrected chi connectivity index (χ3v) is 3.34. The number of aromatic nitrogens is 2. The first-order valence-corrected chi connectivity index (χ1v) is 6.11. The summed E-state index contributed by atoms with van der Waals surface area (Å²) in [5.74, 6) is 2.17. The summed E-state index contributed by atoms with van der Waals surface area (Å²) in [6, 6.07) is 1.87. The molecule has 100 valence electrons. The minimum Gasteiger partial charge on any atom is -0.481 e. The Bertz CT molecular complexity index is 389. The molecule has 0 amide bonds. The summed E-state index contributed by atoms with van der Waals surface area (Å²) in [5, 5.41) is 0. The van der Waals surface area contributed by atoms with E-state index in [1.807, 2.05) is 6.92 Å². The van der Waals surface area contributed by atoms with Gasteiger partial charge in [0.1, 0.15) is 0 Å². The number of rotatable bonds is 4. The van der Waals surface area contributed by atoms with Gasteiger partial charge in [0.2, 0.25) is 17.7 Å². The van der Waals surface area contributed by atoms with Gasteiger partial charge in [0.05, 0.1) is 20.3 Å². The number of hydrogen-bond donors (Lipinski definition) is 1. The molecule has 0 spiro atoms. The molecule has 2 N–H and O–H groups in total. The first-order chi connectivity index (χ1) is 8.63. The van der Waals surface area contributed by atoms with Gasteiger partial charge in [-0.25, -0.2) is 0 Å². The van der Waals surface area contributed by atoms with E-state index in [-0.39, 0.29) is 6.04 Å². The number of hydrogen-bond acceptors (Lipinski definition) is 6. The van der Waals surface area contributed by atoms with Crippen LogP contribution in [0.5, 0.6) is 11.8 Å². The van der Waals surface area contributed by atoms with Gasteiger partial charge in [0, 0.05) is 19.1 Å². The second kappa shape index (κ2) is 5.39. The van der Waals surface area contributed by atoms with Gasteiger partial charge >= 0.3 is 0 Å². The number of methoxy groups -OCH3 is 2. The van der Waals surface area contributed by atoms with E-state index in [0.29, 0.717) is 23.6 Å². The monoisotopic (exact) mass is 252 g/mol. The lowest BCUT2D eigenvalue weighted by molar-refractivity contribution is 0.371. The molecule has 1 aromatic heterocycles. The summed E-state index contributed by atoms with van der Waals surface area (Å²) in [4.78, 5) is 10.8. The average molecular weight is 252 g/mol. The van der Waals surface area contributed by atoms with Crippen LogP contribution in [0.2, 0.25) is 0 Å². The fourth-order valence-electron chi connectivity index (χ4n) is 2.14. The van der Waals surface area contributed by atoms with E-state index in [1.165, 1.54) is 0 Å². The van der Waals surface area contributed by atoms with Crippen molar-refractivity contribution in [1.29, 1.82) is 0 Å². The topological polar surface area (TPSA) is 73.5 Å². The fourth-order valence-corrected chi connectivity index (χ4v) is 2.14. The summed E-state index contributed by atoms with van der Waals surface area (Å²) in [7, 11) is 3.17. The highest BCUT2D eigenvalue weighted by Gasteiger charge is 2.27. The normalized spacial score (nSPS) is 20.9. The van der Waals surface area contributed by atoms with E-state index in [9.17, 15) is 0 Å². The van der Waals surface area contributed by atoms with E-state index in [4.69, 9.17) is 15.2 Å². The molecule has 0 saturated carbocycles. The van der Waals surface area contributed by atoms with Crippen LogP contribution in [-0.2, 0) is 0 Å². The van der Waals surface area contributed by atoms with E-state index in [0.717, 1.165) is 19.5 Å². The van der Waals surface area contributed by atoms with Crippen molar-refractivity contribution in [3.8, 4) is 11.8 Å². The number of ether oxygens (including phenoxy) is 2. The third-order valence-electron chi connectivity index (χ3n) is 3.34. The molecule has 2 rings (SSSR count). The van der Waals surface area contributed by atoms with Gasteiger partial charge in [-0.3, -0.25) is 0 Å². The van der Waals surface area contributed by atoms with E-state index in [1.54, 1.807) is 20.3 Å². The molecule has 1 aliphatic heterocycles. The van der Waals surface area contributed by atoms with Crippen molar-refractivity contribution in [2.24, 2.45) is 11.7 Å². The molecular formula is C12H20N4O2. The van der Waals surface area contributed by atoms with Crippen LogP contribution in [0.4, 0.5) is 5.95 Å². The molecule has 2 unspecified atom stereocenters. The summed E-state index contributed by atoms with van der Waals surface area (Å²) in [5.41, 5.74) is 5.93. The summed E-state index contributed by atoms with van der Waals surface area (Å²) in [6.45, 7) is 3.84. The smallest absolute Gasteiger partial charge is 0.231 e. The van der Waals surface area contributed by atoms with Crippen molar-refractivity contribution in [3.63, 3.8) is 0 Å². The number of nitrogens with two attached hydrogens (primary N) is 1. The molecular weight excluding hydrogens is 232 g/mol. The van der Waals surface area contributed by atoms with Gasteiger partial charge in [-0.05, 0) is 19.3 Å². The minimum absolute atomic E-state index is 0.197. The van der Waals surface area contributed by atoms with Gasteiger partial charge in [0.25, 0.3) is 0 Å². The molecule has 6 heteroatoms. The maximum absolute atomic E-state index is 5.93. The number of anilines is 1. The lowest BCUT2D eigenvalue weighted by atomic mass is 10.0. The summed E-state index contributed by atoms with van der Waals surface area (Å²) in [6.07, 6.45) is 1.07. The molecule has 1 aromatic rings. The third kappa shape index (κ3) is 2.64. The molecule has 0 bridgehead atoms. The highest BCUT2D eigenvalue weighted by molar-refractivity contribution is 5.38. The predicted molar refractivity (Wildman–Crippen MR) is 69.1 cm³/mol. The van der Waals surface area contributed by atoms with E-state index in [2.05, 4.69) is 14.9 Å². The van der Waals surface area contributed by atoms with Crippen LogP contribution in [0.1, 0.15) is 13.3 Å². The molecule has 18 heavy (non-hydrogen) atoms. The van der Waals surface area contributed by atoms with Gasteiger partial charge in [-0.15, -0.1) is 0 Å². The first kappa shape index (κ1) is 12.9. The van der Waals surface area contributed by atoms with Crippen molar-refractivity contribution < 1.29 is 9.47 Å². The SMILES string of the molecule is COc1cc(OC)nc(N2CCC(C(C)N)C2)n1. The van der Waals surface area contributed by atoms with E-state index < -0.39 is 0 Å². The molecule has 1 saturated heterocycles. The highest BCUT2D eigenvalue weighted by atomic mass is 16.5. The Morgan fingerprint density at radius 2 is 1.94 bits per heavy atom. The Labute approximate surface area is 107 Å². The van der Waals surface area contributed by atoms with E-state index >= 15 is 0 Å². The Hall–Kier alpha value is -1.56. The molecule has 2 heterocycles. The maximum Gasteiger partial charge on any atom is 0.231 e. The first-order valence-electron chi connectivity index (χ1n) is 6.11. The minimum atomic E-state index is 0.197. The molecule has 1 aliphatic rings. The lowest BCUT2D eigenvalue weighted by Crippen LogP contribution is -2.30. The maximum atomic E-state index is 5.93. The second-order valence-corrected chi connectivity index (χ2v) is 4.61. The van der Waals surface area contributed by atoms with Gasteiger partial charge in [-0.1, -0.05) is 0 Å². The van der Waals surface area contributed by atoms with Gasteiger partial charge in [0.15, 0.2) is 0 Å². The Kier molecular flexibility index (Phi) is 3.86. The van der Waals surface area contributed by atoms with Crippen molar-refractivity contribution in [3.05, 3.63) is 6.07 Å². The van der Waals surface area contributed by atoms with Crippen LogP contribution in [0.3, 0.4) is 0 Å². The molecule has 6 nitrogen and oxygen atoms in total. The van der Waals surface area contributed by atoms with Crippen LogP contribution < -0.4 is 20.1 Å². The van der Waals surface area contributed by atoms with Crippen LogP contribution >= 0.6 is 0 Å². The lowest BCUT2D eigenvalue weighted by Gasteiger charge is -2.18. The Morgan fingerprint density at radius 1 is 1.33 bits per heavy atom. The van der Waals surface area contributed by atoms with Gasteiger partial charge in [-0.2, -0.15) is 9.97 Å². The summed E-state index contributed by atoms with van der Waals surface area (Å²) >= 11 is 0. The zero-order valence-corrected chi connectivity index (χ0v) is 11.1. The molecule has 0 radical (unpaired) electrons. The number of nitrogens with zero attached hydrogens (tertiary/aromatic N) is 3. The molecule has 0 aromatic carbocycles. The van der Waals surface area contributed by atoms with Crippen molar-refractivity contribution in [2.45, 2.75) is 19.4 Å². The quantitative estimate of drug-likeness (QED) is 0.849. The zero-order chi connectivity index (χ0) is 13.1.